The molecule has 1 heterocycles. The van der Waals surface area contributed by atoms with Gasteiger partial charge < -0.3 is 26.2 Å². The Labute approximate surface area is 137 Å². The molecule has 0 radical (unpaired) electrons. The van der Waals surface area contributed by atoms with Crippen molar-refractivity contribution < 1.29 is 24.6 Å². The zero-order valence-electron chi connectivity index (χ0n) is 12.9. The van der Waals surface area contributed by atoms with Crippen LogP contribution in [-0.2, 0) is 9.59 Å². The zero-order chi connectivity index (χ0) is 17.7. The van der Waals surface area contributed by atoms with Gasteiger partial charge in [0.05, 0.1) is 5.56 Å². The number of fused-ring (bicyclic) bond motifs is 1. The van der Waals surface area contributed by atoms with Crippen molar-refractivity contribution in [3.05, 3.63) is 30.0 Å². The Morgan fingerprint density at radius 2 is 2.00 bits per heavy atom. The highest BCUT2D eigenvalue weighted by Crippen LogP contribution is 2.22. The Morgan fingerprint density at radius 1 is 1.25 bits per heavy atom. The number of aliphatic carboxylic acids is 1. The van der Waals surface area contributed by atoms with E-state index in [0.29, 0.717) is 30.2 Å². The minimum Gasteiger partial charge on any atom is -0.508 e. The average Bonchev–Trinajstić information content (AvgIpc) is 2.96. The summed E-state index contributed by atoms with van der Waals surface area (Å²) in [6, 6.07) is 3.56. The summed E-state index contributed by atoms with van der Waals surface area (Å²) < 4.78 is 0. The van der Waals surface area contributed by atoms with Gasteiger partial charge in [-0.05, 0) is 31.4 Å². The number of amides is 1. The molecule has 0 bridgehead atoms. The average molecular weight is 333 g/mol. The number of aromatic amines is 1. The molecular weight excluding hydrogens is 314 g/mol. The number of phenolic OH excluding ortho intramolecular Hbond substituents is 1. The van der Waals surface area contributed by atoms with E-state index < -0.39 is 23.7 Å². The van der Waals surface area contributed by atoms with Gasteiger partial charge in [0.1, 0.15) is 11.8 Å². The second-order valence-electron chi connectivity index (χ2n) is 5.46. The molecule has 0 saturated carbocycles. The molecule has 2 aromatic rings. The van der Waals surface area contributed by atoms with Crippen LogP contribution in [0.15, 0.2) is 24.4 Å². The molecule has 8 nitrogen and oxygen atoms in total. The first-order valence-electron chi connectivity index (χ1n) is 7.51. The number of nitrogens with two attached hydrogens (primary N) is 1. The van der Waals surface area contributed by atoms with Gasteiger partial charge in [0.25, 0.3) is 11.7 Å². The van der Waals surface area contributed by atoms with Crippen molar-refractivity contribution in [2.75, 3.05) is 6.54 Å². The summed E-state index contributed by atoms with van der Waals surface area (Å²) >= 11 is 0. The second kappa shape index (κ2) is 7.60. The zero-order valence-corrected chi connectivity index (χ0v) is 12.9. The van der Waals surface area contributed by atoms with Gasteiger partial charge in [0.15, 0.2) is 0 Å². The molecule has 0 spiro atoms. The summed E-state index contributed by atoms with van der Waals surface area (Å²) in [5.41, 5.74) is 6.17. The highest BCUT2D eigenvalue weighted by molar-refractivity contribution is 6.44. The number of phenols is 1. The number of Topliss-reactive ketones (excluding diaryl/α,β-unsaturated/α-hetero) is 1. The van der Waals surface area contributed by atoms with Gasteiger partial charge in [-0.25, -0.2) is 0 Å². The van der Waals surface area contributed by atoms with E-state index in [4.69, 9.17) is 10.8 Å². The molecule has 0 fully saturated rings. The lowest BCUT2D eigenvalue weighted by Gasteiger charge is -2.06. The smallest absolute Gasteiger partial charge is 0.320 e. The standard InChI is InChI=1S/C16H19N3O5/c17-12(16(23)24)3-1-2-6-18-15(22)14(21)11-8-19-13-7-9(20)4-5-10(11)13/h4-5,7-8,12,19-20H,1-3,6,17H2,(H,18,22)(H,23,24)/t12-/m1/s1. The summed E-state index contributed by atoms with van der Waals surface area (Å²) in [4.78, 5) is 37.5. The van der Waals surface area contributed by atoms with Crippen LogP contribution in [0.3, 0.4) is 0 Å². The first kappa shape index (κ1) is 17.5. The molecule has 2 rings (SSSR count). The van der Waals surface area contributed by atoms with E-state index >= 15 is 0 Å². The highest BCUT2D eigenvalue weighted by Gasteiger charge is 2.19. The molecular formula is C16H19N3O5. The monoisotopic (exact) mass is 333 g/mol. The molecule has 24 heavy (non-hydrogen) atoms. The van der Waals surface area contributed by atoms with E-state index in [-0.39, 0.29) is 17.9 Å². The first-order valence-corrected chi connectivity index (χ1v) is 7.51. The van der Waals surface area contributed by atoms with E-state index in [1.165, 1.54) is 18.3 Å². The SMILES string of the molecule is N[C@H](CCCCNC(=O)C(=O)c1c[nH]c2cc(O)ccc12)C(=O)O. The third-order valence-corrected chi connectivity index (χ3v) is 3.66. The van der Waals surface area contributed by atoms with Gasteiger partial charge >= 0.3 is 5.97 Å². The van der Waals surface area contributed by atoms with Crippen LogP contribution in [0, 0.1) is 0 Å². The van der Waals surface area contributed by atoms with Crippen molar-refractivity contribution in [3.8, 4) is 5.75 Å². The van der Waals surface area contributed by atoms with E-state index in [1.807, 2.05) is 0 Å². The maximum absolute atomic E-state index is 12.2. The number of benzene rings is 1. The number of carbonyl (C=O) groups is 3. The third kappa shape index (κ3) is 4.11. The van der Waals surface area contributed by atoms with Crippen molar-refractivity contribution in [1.82, 2.24) is 10.3 Å². The molecule has 1 aromatic carbocycles. The van der Waals surface area contributed by atoms with Crippen LogP contribution < -0.4 is 11.1 Å². The fourth-order valence-corrected chi connectivity index (χ4v) is 2.32. The summed E-state index contributed by atoms with van der Waals surface area (Å²) in [5.74, 6) is -2.40. The lowest BCUT2D eigenvalue weighted by atomic mass is 10.1. The number of H-pyrrole nitrogens is 1. The minimum absolute atomic E-state index is 0.0624. The summed E-state index contributed by atoms with van der Waals surface area (Å²) in [5, 5.41) is 21.1. The molecule has 8 heteroatoms. The number of unbranched alkanes of at least 4 members (excludes halogenated alkanes) is 1. The van der Waals surface area contributed by atoms with Gasteiger partial charge in [0, 0.05) is 29.7 Å². The van der Waals surface area contributed by atoms with Gasteiger partial charge in [0.2, 0.25) is 0 Å². The number of aromatic hydroxyl groups is 1. The van der Waals surface area contributed by atoms with E-state index in [9.17, 15) is 19.5 Å². The number of carboxylic acid groups (broad SMARTS) is 1. The number of hydrogen-bond donors (Lipinski definition) is 5. The number of hydrogen-bond acceptors (Lipinski definition) is 5. The number of aromatic nitrogens is 1. The van der Waals surface area contributed by atoms with E-state index in [2.05, 4.69) is 10.3 Å². The molecule has 128 valence electrons. The van der Waals surface area contributed by atoms with Gasteiger partial charge in [-0.3, -0.25) is 14.4 Å². The Morgan fingerprint density at radius 3 is 2.71 bits per heavy atom. The topological polar surface area (TPSA) is 146 Å². The minimum atomic E-state index is -1.06. The highest BCUT2D eigenvalue weighted by atomic mass is 16.4. The van der Waals surface area contributed by atoms with Gasteiger partial charge in [-0.15, -0.1) is 0 Å². The van der Waals surface area contributed by atoms with Crippen LogP contribution >= 0.6 is 0 Å². The third-order valence-electron chi connectivity index (χ3n) is 3.66. The molecule has 0 aliphatic carbocycles. The molecule has 6 N–H and O–H groups in total. The van der Waals surface area contributed by atoms with Crippen LogP contribution in [0.4, 0.5) is 0 Å². The number of carboxylic acids is 1. The second-order valence-corrected chi connectivity index (χ2v) is 5.46. The van der Waals surface area contributed by atoms with Crippen LogP contribution in [0.25, 0.3) is 10.9 Å². The quantitative estimate of drug-likeness (QED) is 0.274. The van der Waals surface area contributed by atoms with Crippen molar-refractivity contribution in [3.63, 3.8) is 0 Å². The molecule has 0 aliphatic rings. The summed E-state index contributed by atoms with van der Waals surface area (Å²) in [7, 11) is 0. The summed E-state index contributed by atoms with van der Waals surface area (Å²) in [6.45, 7) is 0.264. The fraction of sp³-hybridized carbons (Fsp3) is 0.312. The predicted molar refractivity (Wildman–Crippen MR) is 86.8 cm³/mol. The molecule has 0 saturated heterocycles. The Balaban J connectivity index is 1.86. The largest absolute Gasteiger partial charge is 0.508 e. The Kier molecular flexibility index (Phi) is 5.54. The normalized spacial score (nSPS) is 12.0. The lowest BCUT2D eigenvalue weighted by molar-refractivity contribution is -0.138. The molecule has 0 unspecified atom stereocenters. The molecule has 1 amide bonds. The molecule has 1 aromatic heterocycles. The number of nitrogens with one attached hydrogen (secondary N) is 2. The molecule has 0 aliphatic heterocycles. The maximum Gasteiger partial charge on any atom is 0.320 e. The number of carbonyl (C=O) groups excluding carboxylic acids is 2. The van der Waals surface area contributed by atoms with E-state index in [0.717, 1.165) is 0 Å². The van der Waals surface area contributed by atoms with Crippen LogP contribution in [-0.4, -0.2) is 45.4 Å². The first-order chi connectivity index (χ1) is 11.4. The van der Waals surface area contributed by atoms with Crippen molar-refractivity contribution in [1.29, 1.82) is 0 Å². The van der Waals surface area contributed by atoms with Crippen molar-refractivity contribution in [2.45, 2.75) is 25.3 Å². The van der Waals surface area contributed by atoms with Crippen molar-refractivity contribution >= 4 is 28.6 Å². The summed E-state index contributed by atoms with van der Waals surface area (Å²) in [6.07, 6.45) is 2.80. The maximum atomic E-state index is 12.2. The predicted octanol–water partition coefficient (Wildman–Crippen LogP) is 0.755. The number of rotatable bonds is 8. The van der Waals surface area contributed by atoms with Gasteiger partial charge in [-0.1, -0.05) is 0 Å². The van der Waals surface area contributed by atoms with E-state index in [1.54, 1.807) is 6.07 Å². The van der Waals surface area contributed by atoms with Crippen LogP contribution in [0.2, 0.25) is 0 Å². The Hall–Kier alpha value is -2.87. The fourth-order valence-electron chi connectivity index (χ4n) is 2.32. The number of ketones is 1. The van der Waals surface area contributed by atoms with Gasteiger partial charge in [-0.2, -0.15) is 0 Å². The molecule has 1 atom stereocenters. The Bertz CT molecular complexity index is 768. The van der Waals surface area contributed by atoms with Crippen molar-refractivity contribution in [2.24, 2.45) is 5.73 Å². The van der Waals surface area contributed by atoms with Crippen LogP contribution in [0.5, 0.6) is 5.75 Å². The lowest BCUT2D eigenvalue weighted by Crippen LogP contribution is -2.32. The van der Waals surface area contributed by atoms with Crippen LogP contribution in [0.1, 0.15) is 29.6 Å².